The minimum absolute atomic E-state index is 0.107. The number of hydrogen-bond donors (Lipinski definition) is 2. The first-order valence-electron chi connectivity index (χ1n) is 4.06. The second-order valence-corrected chi connectivity index (χ2v) is 4.88. The van der Waals surface area contributed by atoms with Gasteiger partial charge in [0, 0.05) is 0 Å². The van der Waals surface area contributed by atoms with Gasteiger partial charge >= 0.3 is 0 Å². The summed E-state index contributed by atoms with van der Waals surface area (Å²) in [6, 6.07) is 2.62. The Morgan fingerprint density at radius 2 is 2.13 bits per heavy atom. The highest BCUT2D eigenvalue weighted by Crippen LogP contribution is 2.35. The molecule has 0 bridgehead atoms. The van der Waals surface area contributed by atoms with Gasteiger partial charge in [0.1, 0.15) is 10.6 Å². The molecule has 3 N–H and O–H groups in total. The van der Waals surface area contributed by atoms with Crippen molar-refractivity contribution in [1.82, 2.24) is 0 Å². The normalized spacial score (nSPS) is 11.4. The Morgan fingerprint density at radius 1 is 1.53 bits per heavy atom. The van der Waals surface area contributed by atoms with Gasteiger partial charge in [-0.1, -0.05) is 0 Å². The van der Waals surface area contributed by atoms with Crippen molar-refractivity contribution in [1.29, 1.82) is 0 Å². The lowest BCUT2D eigenvalue weighted by Gasteiger charge is -2.10. The van der Waals surface area contributed by atoms with Gasteiger partial charge in [0.05, 0.1) is 16.8 Å². The summed E-state index contributed by atoms with van der Waals surface area (Å²) in [5.41, 5.74) is 5.76. The quantitative estimate of drug-likeness (QED) is 0.654. The Balaban J connectivity index is 3.34. The van der Waals surface area contributed by atoms with Crippen molar-refractivity contribution in [2.75, 3.05) is 12.3 Å². The fraction of sp³-hybridized carbons (Fsp3) is 0.250. The molecule has 5 nitrogen and oxygen atoms in total. The van der Waals surface area contributed by atoms with Crippen molar-refractivity contribution in [3.63, 3.8) is 0 Å². The zero-order chi connectivity index (χ0) is 11.6. The first kappa shape index (κ1) is 12.3. The highest BCUT2D eigenvalue weighted by molar-refractivity contribution is 9.10. The molecule has 1 rings (SSSR count). The summed E-state index contributed by atoms with van der Waals surface area (Å²) in [7, 11) is -4.27. The molecular formula is C8H10BrNO4S. The number of nitrogen functional groups attached to an aromatic ring is 1. The second-order valence-electron chi connectivity index (χ2n) is 2.70. The van der Waals surface area contributed by atoms with Gasteiger partial charge in [-0.2, -0.15) is 8.42 Å². The molecule has 1 aromatic rings. The molecule has 0 saturated heterocycles. The highest BCUT2D eigenvalue weighted by Gasteiger charge is 2.18. The number of benzene rings is 1. The summed E-state index contributed by atoms with van der Waals surface area (Å²) in [4.78, 5) is -0.275. The molecule has 0 saturated carbocycles. The SMILES string of the molecule is CCOc1ccc(S(=O)(=O)O)c(Br)c1N. The summed E-state index contributed by atoms with van der Waals surface area (Å²) in [5, 5.41) is 0. The average Bonchev–Trinajstić information content (AvgIpc) is 2.11. The van der Waals surface area contributed by atoms with Gasteiger partial charge in [-0.05, 0) is 35.0 Å². The predicted octanol–water partition coefficient (Wildman–Crippen LogP) is 1.68. The molecule has 84 valence electrons. The van der Waals surface area contributed by atoms with Crippen LogP contribution in [0.25, 0.3) is 0 Å². The molecule has 0 spiro atoms. The van der Waals surface area contributed by atoms with Crippen molar-refractivity contribution >= 4 is 31.7 Å². The average molecular weight is 296 g/mol. The minimum atomic E-state index is -4.27. The number of halogens is 1. The lowest BCUT2D eigenvalue weighted by Crippen LogP contribution is -2.04. The Morgan fingerprint density at radius 3 is 2.60 bits per heavy atom. The van der Waals surface area contributed by atoms with E-state index in [0.717, 1.165) is 0 Å². The van der Waals surface area contributed by atoms with Crippen LogP contribution < -0.4 is 10.5 Å². The van der Waals surface area contributed by atoms with Gasteiger partial charge in [0.15, 0.2) is 0 Å². The lowest BCUT2D eigenvalue weighted by atomic mass is 10.3. The number of nitrogens with two attached hydrogens (primary N) is 1. The maximum Gasteiger partial charge on any atom is 0.295 e. The van der Waals surface area contributed by atoms with Crippen LogP contribution in [0.4, 0.5) is 5.69 Å². The van der Waals surface area contributed by atoms with Gasteiger partial charge in [-0.3, -0.25) is 4.55 Å². The maximum absolute atomic E-state index is 10.9. The first-order valence-corrected chi connectivity index (χ1v) is 6.29. The zero-order valence-corrected chi connectivity index (χ0v) is 10.3. The van der Waals surface area contributed by atoms with Crippen molar-refractivity contribution in [3.05, 3.63) is 16.6 Å². The van der Waals surface area contributed by atoms with Crippen LogP contribution in [0.5, 0.6) is 5.75 Å². The molecule has 0 radical (unpaired) electrons. The molecule has 7 heteroatoms. The van der Waals surface area contributed by atoms with E-state index in [4.69, 9.17) is 15.0 Å². The summed E-state index contributed by atoms with van der Waals surface area (Å²) in [5.74, 6) is 0.372. The van der Waals surface area contributed by atoms with E-state index < -0.39 is 10.1 Å². The largest absolute Gasteiger partial charge is 0.492 e. The molecule has 0 fully saturated rings. The van der Waals surface area contributed by atoms with Gasteiger partial charge < -0.3 is 10.5 Å². The third-order valence-electron chi connectivity index (χ3n) is 1.68. The third-order valence-corrected chi connectivity index (χ3v) is 3.69. The van der Waals surface area contributed by atoms with Crippen LogP contribution in [-0.2, 0) is 10.1 Å². The smallest absolute Gasteiger partial charge is 0.295 e. The predicted molar refractivity (Wildman–Crippen MR) is 59.5 cm³/mol. The standard InChI is InChI=1S/C8H10BrNO4S/c1-2-14-5-3-4-6(15(11,12)13)7(9)8(5)10/h3-4H,2,10H2,1H3,(H,11,12,13). The van der Waals surface area contributed by atoms with E-state index in [-0.39, 0.29) is 15.1 Å². The van der Waals surface area contributed by atoms with Crippen LogP contribution in [0.3, 0.4) is 0 Å². The number of anilines is 1. The van der Waals surface area contributed by atoms with E-state index in [1.165, 1.54) is 12.1 Å². The minimum Gasteiger partial charge on any atom is -0.492 e. The summed E-state index contributed by atoms with van der Waals surface area (Å²) < 4.78 is 35.9. The van der Waals surface area contributed by atoms with Gasteiger partial charge in [-0.15, -0.1) is 0 Å². The Bertz CT molecular complexity index is 472. The number of ether oxygens (including phenoxy) is 1. The summed E-state index contributed by atoms with van der Waals surface area (Å²) in [6.07, 6.45) is 0. The second kappa shape index (κ2) is 4.38. The highest BCUT2D eigenvalue weighted by atomic mass is 79.9. The first-order chi connectivity index (χ1) is 6.88. The van der Waals surface area contributed by atoms with Crippen LogP contribution in [0.1, 0.15) is 6.92 Å². The molecule has 1 aromatic carbocycles. The van der Waals surface area contributed by atoms with E-state index in [9.17, 15) is 8.42 Å². The fourth-order valence-electron chi connectivity index (χ4n) is 1.04. The lowest BCUT2D eigenvalue weighted by molar-refractivity contribution is 0.341. The van der Waals surface area contributed by atoms with Gasteiger partial charge in [-0.25, -0.2) is 0 Å². The molecule has 0 aliphatic rings. The Labute approximate surface area is 96.1 Å². The van der Waals surface area contributed by atoms with Crippen LogP contribution >= 0.6 is 15.9 Å². The summed E-state index contributed by atoms with van der Waals surface area (Å²) in [6.45, 7) is 2.20. The molecule has 0 aliphatic carbocycles. The molecule has 0 heterocycles. The molecule has 0 aliphatic heterocycles. The van der Waals surface area contributed by atoms with E-state index in [1.807, 2.05) is 0 Å². The van der Waals surface area contributed by atoms with E-state index in [1.54, 1.807) is 6.92 Å². The summed E-state index contributed by atoms with van der Waals surface area (Å²) >= 11 is 2.99. The Hall–Kier alpha value is -0.790. The van der Waals surface area contributed by atoms with Crippen molar-refractivity contribution < 1.29 is 17.7 Å². The van der Waals surface area contributed by atoms with Gasteiger partial charge in [0.2, 0.25) is 0 Å². The number of hydrogen-bond acceptors (Lipinski definition) is 4. The van der Waals surface area contributed by atoms with Crippen LogP contribution in [0.15, 0.2) is 21.5 Å². The molecule has 0 aromatic heterocycles. The van der Waals surface area contributed by atoms with E-state index >= 15 is 0 Å². The molecule has 0 unspecified atom stereocenters. The molecule has 0 amide bonds. The monoisotopic (exact) mass is 295 g/mol. The van der Waals surface area contributed by atoms with Gasteiger partial charge in [0.25, 0.3) is 10.1 Å². The number of rotatable bonds is 3. The van der Waals surface area contributed by atoms with E-state index in [2.05, 4.69) is 15.9 Å². The van der Waals surface area contributed by atoms with Crippen LogP contribution in [-0.4, -0.2) is 19.6 Å². The van der Waals surface area contributed by atoms with Crippen molar-refractivity contribution in [2.24, 2.45) is 0 Å². The molecule has 0 atom stereocenters. The van der Waals surface area contributed by atoms with E-state index in [0.29, 0.717) is 12.4 Å². The van der Waals surface area contributed by atoms with Crippen molar-refractivity contribution in [3.8, 4) is 5.75 Å². The Kier molecular flexibility index (Phi) is 3.58. The fourth-order valence-corrected chi connectivity index (χ4v) is 2.55. The zero-order valence-electron chi connectivity index (χ0n) is 7.90. The van der Waals surface area contributed by atoms with Crippen LogP contribution in [0.2, 0.25) is 0 Å². The van der Waals surface area contributed by atoms with Crippen LogP contribution in [0, 0.1) is 0 Å². The van der Waals surface area contributed by atoms with Crippen molar-refractivity contribution in [2.45, 2.75) is 11.8 Å². The third kappa shape index (κ3) is 2.61. The molecular weight excluding hydrogens is 286 g/mol. The maximum atomic E-state index is 10.9. The molecule has 15 heavy (non-hydrogen) atoms. The topological polar surface area (TPSA) is 89.6 Å².